The molecule has 1 aliphatic heterocycles. The van der Waals surface area contributed by atoms with E-state index in [-0.39, 0.29) is 0 Å². The van der Waals surface area contributed by atoms with E-state index < -0.39 is 0 Å². The first kappa shape index (κ1) is 12.3. The third kappa shape index (κ3) is 3.11. The Morgan fingerprint density at radius 2 is 1.80 bits per heavy atom. The molecule has 4 nitrogen and oxygen atoms in total. The van der Waals surface area contributed by atoms with Gasteiger partial charge in [-0.3, -0.25) is 5.41 Å². The normalized spacial score (nSPS) is 19.9. The van der Waals surface area contributed by atoms with E-state index in [0.717, 1.165) is 31.9 Å². The third-order valence-electron chi connectivity index (χ3n) is 2.73. The molecule has 0 atom stereocenters. The highest BCUT2D eigenvalue weighted by molar-refractivity contribution is 6.42. The topological polar surface area (TPSA) is 42.4 Å². The minimum Gasteiger partial charge on any atom is -0.390 e. The summed E-state index contributed by atoms with van der Waals surface area (Å²) >= 11 is 6.09. The molecule has 2 N–H and O–H groups in total. The first-order valence-electron chi connectivity index (χ1n) is 5.12. The van der Waals surface area contributed by atoms with Crippen LogP contribution in [0, 0.1) is 5.41 Å². The Morgan fingerprint density at radius 3 is 2.27 bits per heavy atom. The molecular formula is C10H19ClN4. The van der Waals surface area contributed by atoms with Crippen LogP contribution >= 0.6 is 11.6 Å². The summed E-state index contributed by atoms with van der Waals surface area (Å²) in [7, 11) is 3.91. The van der Waals surface area contributed by atoms with Gasteiger partial charge in [-0.1, -0.05) is 11.6 Å². The van der Waals surface area contributed by atoms with Crippen LogP contribution in [-0.2, 0) is 0 Å². The van der Waals surface area contributed by atoms with E-state index in [1.807, 2.05) is 18.9 Å². The van der Waals surface area contributed by atoms with E-state index in [2.05, 4.69) is 17.3 Å². The lowest BCUT2D eigenvalue weighted by atomic mass is 10.3. The lowest BCUT2D eigenvalue weighted by Gasteiger charge is -2.34. The van der Waals surface area contributed by atoms with Crippen molar-refractivity contribution in [2.75, 3.05) is 40.3 Å². The molecule has 1 aliphatic rings. The first-order chi connectivity index (χ1) is 7.06. The maximum atomic E-state index is 7.97. The van der Waals surface area contributed by atoms with Crippen LogP contribution in [0.1, 0.15) is 6.92 Å². The van der Waals surface area contributed by atoms with E-state index in [0.29, 0.717) is 10.9 Å². The molecule has 0 aliphatic carbocycles. The van der Waals surface area contributed by atoms with E-state index in [1.54, 1.807) is 0 Å². The molecule has 0 unspecified atom stereocenters. The van der Waals surface area contributed by atoms with Gasteiger partial charge in [-0.05, 0) is 14.0 Å². The predicted octanol–water partition coefficient (Wildman–Crippen LogP) is 0.901. The van der Waals surface area contributed by atoms with E-state index in [1.165, 1.54) is 0 Å². The van der Waals surface area contributed by atoms with E-state index >= 15 is 0 Å². The first-order valence-corrected chi connectivity index (χ1v) is 5.50. The minimum absolute atomic E-state index is 0.427. The van der Waals surface area contributed by atoms with Crippen LogP contribution in [0.25, 0.3) is 0 Å². The second-order valence-electron chi connectivity index (χ2n) is 3.83. The standard InChI is InChI=1S/C10H19ClN4/c1-8(13-2)9(11)10(12)15-6-4-14(3)5-7-15/h12-13H,4-7H2,1-3H3/b9-8+,12-10?. The fraction of sp³-hybridized carbons (Fsp3) is 0.700. The molecule has 0 aromatic carbocycles. The number of likely N-dealkylation sites (N-methyl/N-ethyl adjacent to an activating group) is 1. The van der Waals surface area contributed by atoms with Crippen molar-refractivity contribution in [2.24, 2.45) is 0 Å². The van der Waals surface area contributed by atoms with Crippen molar-refractivity contribution in [3.05, 3.63) is 10.7 Å². The Bertz CT molecular complexity index is 267. The van der Waals surface area contributed by atoms with Gasteiger partial charge in [0.2, 0.25) is 0 Å². The molecule has 0 radical (unpaired) electrons. The molecule has 1 fully saturated rings. The van der Waals surface area contributed by atoms with Gasteiger partial charge in [-0.25, -0.2) is 0 Å². The van der Waals surface area contributed by atoms with Gasteiger partial charge in [-0.2, -0.15) is 0 Å². The van der Waals surface area contributed by atoms with Crippen LogP contribution in [0.4, 0.5) is 0 Å². The quantitative estimate of drug-likeness (QED) is 0.547. The molecule has 86 valence electrons. The Balaban J connectivity index is 2.61. The highest BCUT2D eigenvalue weighted by Gasteiger charge is 2.19. The summed E-state index contributed by atoms with van der Waals surface area (Å²) in [6, 6.07) is 0. The smallest absolute Gasteiger partial charge is 0.141 e. The third-order valence-corrected chi connectivity index (χ3v) is 3.19. The van der Waals surface area contributed by atoms with Gasteiger partial charge >= 0.3 is 0 Å². The van der Waals surface area contributed by atoms with Gasteiger partial charge < -0.3 is 15.1 Å². The number of piperazine rings is 1. The van der Waals surface area contributed by atoms with Crippen molar-refractivity contribution in [2.45, 2.75) is 6.92 Å². The highest BCUT2D eigenvalue weighted by atomic mass is 35.5. The summed E-state index contributed by atoms with van der Waals surface area (Å²) in [6.07, 6.45) is 0. The van der Waals surface area contributed by atoms with Crippen molar-refractivity contribution in [3.8, 4) is 0 Å². The number of rotatable bonds is 2. The van der Waals surface area contributed by atoms with Crippen molar-refractivity contribution < 1.29 is 0 Å². The van der Waals surface area contributed by atoms with Crippen molar-refractivity contribution in [1.29, 1.82) is 5.41 Å². The summed E-state index contributed by atoms with van der Waals surface area (Å²) in [5, 5.41) is 11.4. The lowest BCUT2D eigenvalue weighted by molar-refractivity contribution is 0.215. The number of nitrogens with zero attached hydrogens (tertiary/aromatic N) is 2. The maximum Gasteiger partial charge on any atom is 0.141 e. The highest BCUT2D eigenvalue weighted by Crippen LogP contribution is 2.13. The number of halogens is 1. The van der Waals surface area contributed by atoms with Crippen LogP contribution in [0.5, 0.6) is 0 Å². The monoisotopic (exact) mass is 230 g/mol. The molecule has 1 saturated heterocycles. The van der Waals surface area contributed by atoms with Crippen LogP contribution < -0.4 is 5.32 Å². The molecule has 0 amide bonds. The van der Waals surface area contributed by atoms with Crippen molar-refractivity contribution in [3.63, 3.8) is 0 Å². The molecule has 0 aromatic rings. The molecular weight excluding hydrogens is 212 g/mol. The van der Waals surface area contributed by atoms with Crippen molar-refractivity contribution in [1.82, 2.24) is 15.1 Å². The summed E-state index contributed by atoms with van der Waals surface area (Å²) in [5.74, 6) is 0.427. The Labute approximate surface area is 96.4 Å². The lowest BCUT2D eigenvalue weighted by Crippen LogP contribution is -2.47. The van der Waals surface area contributed by atoms with Crippen LogP contribution in [0.15, 0.2) is 10.7 Å². The zero-order valence-electron chi connectivity index (χ0n) is 9.60. The van der Waals surface area contributed by atoms with E-state index in [4.69, 9.17) is 17.0 Å². The van der Waals surface area contributed by atoms with Gasteiger partial charge in [0.15, 0.2) is 0 Å². The zero-order chi connectivity index (χ0) is 11.4. The van der Waals surface area contributed by atoms with Gasteiger partial charge in [0.05, 0.1) is 0 Å². The minimum atomic E-state index is 0.427. The predicted molar refractivity (Wildman–Crippen MR) is 64.4 cm³/mol. The van der Waals surface area contributed by atoms with Crippen LogP contribution in [0.3, 0.4) is 0 Å². The molecule has 0 aromatic heterocycles. The molecule has 0 saturated carbocycles. The fourth-order valence-electron chi connectivity index (χ4n) is 1.46. The molecule has 1 heterocycles. The molecule has 0 bridgehead atoms. The Hall–Kier alpha value is -0.740. The molecule has 5 heteroatoms. The van der Waals surface area contributed by atoms with Gasteiger partial charge in [0.25, 0.3) is 0 Å². The summed E-state index contributed by atoms with van der Waals surface area (Å²) in [5.41, 5.74) is 0.848. The number of hydrogen-bond acceptors (Lipinski definition) is 3. The molecule has 1 rings (SSSR count). The number of allylic oxidation sites excluding steroid dienone is 1. The van der Waals surface area contributed by atoms with Gasteiger partial charge in [-0.15, -0.1) is 0 Å². The number of amidine groups is 1. The number of nitrogens with one attached hydrogen (secondary N) is 2. The maximum absolute atomic E-state index is 7.97. The van der Waals surface area contributed by atoms with Gasteiger partial charge in [0, 0.05) is 38.9 Å². The Morgan fingerprint density at radius 1 is 1.27 bits per heavy atom. The average molecular weight is 231 g/mol. The summed E-state index contributed by atoms with van der Waals surface area (Å²) < 4.78 is 0. The van der Waals surface area contributed by atoms with Gasteiger partial charge in [0.1, 0.15) is 10.9 Å². The average Bonchev–Trinajstić information content (AvgIpc) is 2.27. The fourth-order valence-corrected chi connectivity index (χ4v) is 1.67. The zero-order valence-corrected chi connectivity index (χ0v) is 10.4. The van der Waals surface area contributed by atoms with Crippen LogP contribution in [0.2, 0.25) is 0 Å². The number of hydrogen-bond donors (Lipinski definition) is 2. The van der Waals surface area contributed by atoms with Crippen LogP contribution in [-0.4, -0.2) is 55.9 Å². The van der Waals surface area contributed by atoms with E-state index in [9.17, 15) is 0 Å². The second kappa shape index (κ2) is 5.37. The molecule has 0 spiro atoms. The molecule has 15 heavy (non-hydrogen) atoms. The Kier molecular flexibility index (Phi) is 4.42. The van der Waals surface area contributed by atoms with Crippen molar-refractivity contribution >= 4 is 17.4 Å². The largest absolute Gasteiger partial charge is 0.390 e. The second-order valence-corrected chi connectivity index (χ2v) is 4.21. The SMILES string of the molecule is CN/C(C)=C(/Cl)C(=N)N1CCN(C)CC1. The summed E-state index contributed by atoms with van der Waals surface area (Å²) in [4.78, 5) is 4.27. The summed E-state index contributed by atoms with van der Waals surface area (Å²) in [6.45, 7) is 5.62.